The molecule has 25 heavy (non-hydrogen) atoms. The van der Waals surface area contributed by atoms with E-state index in [-0.39, 0.29) is 5.91 Å². The molecule has 132 valence electrons. The van der Waals surface area contributed by atoms with Crippen LogP contribution in [-0.4, -0.2) is 60.5 Å². The first-order valence-electron chi connectivity index (χ1n) is 8.87. The lowest BCUT2D eigenvalue weighted by molar-refractivity contribution is -0.130. The van der Waals surface area contributed by atoms with E-state index < -0.39 is 0 Å². The van der Waals surface area contributed by atoms with Gasteiger partial charge in [0.2, 0.25) is 5.91 Å². The van der Waals surface area contributed by atoms with Gasteiger partial charge in [-0.1, -0.05) is 18.2 Å². The zero-order chi connectivity index (χ0) is 17.5. The highest BCUT2D eigenvalue weighted by Gasteiger charge is 2.18. The number of piperazine rings is 1. The first kappa shape index (κ1) is 17.4. The number of anilines is 1. The summed E-state index contributed by atoms with van der Waals surface area (Å²) in [5.41, 5.74) is 2.40. The number of carbonyl (C=O) groups excluding carboxylic acids is 1. The topological polar surface area (TPSA) is 39.7 Å². The number of amides is 1. The molecule has 1 amide bonds. The highest BCUT2D eigenvalue weighted by atomic mass is 16.2. The average Bonchev–Trinajstić information content (AvgIpc) is 2.68. The van der Waals surface area contributed by atoms with Crippen LogP contribution >= 0.6 is 0 Å². The number of benzene rings is 1. The number of nitrogens with zero attached hydrogens (tertiary/aromatic N) is 4. The Kier molecular flexibility index (Phi) is 6.01. The summed E-state index contributed by atoms with van der Waals surface area (Å²) < 4.78 is 0. The molecule has 0 radical (unpaired) electrons. The number of hydrogen-bond donors (Lipinski definition) is 0. The molecule has 1 aromatic heterocycles. The van der Waals surface area contributed by atoms with E-state index >= 15 is 0 Å². The number of pyridine rings is 1. The lowest BCUT2D eigenvalue weighted by Gasteiger charge is -2.36. The number of para-hydroxylation sites is 1. The Labute approximate surface area is 149 Å². The molecule has 0 spiro atoms. The molecule has 1 saturated heterocycles. The first-order valence-corrected chi connectivity index (χ1v) is 8.87. The molecular weight excluding hydrogens is 312 g/mol. The molecule has 0 atom stereocenters. The molecule has 0 bridgehead atoms. The molecule has 2 heterocycles. The molecule has 0 N–H and O–H groups in total. The maximum absolute atomic E-state index is 12.3. The van der Waals surface area contributed by atoms with Crippen LogP contribution < -0.4 is 4.90 Å². The van der Waals surface area contributed by atoms with Crippen LogP contribution in [0.1, 0.15) is 12.0 Å². The van der Waals surface area contributed by atoms with Gasteiger partial charge in [0.05, 0.1) is 0 Å². The van der Waals surface area contributed by atoms with Crippen LogP contribution in [0.15, 0.2) is 54.9 Å². The van der Waals surface area contributed by atoms with Gasteiger partial charge in [0.15, 0.2) is 0 Å². The molecule has 0 saturated carbocycles. The van der Waals surface area contributed by atoms with Crippen molar-refractivity contribution in [2.24, 2.45) is 0 Å². The van der Waals surface area contributed by atoms with Gasteiger partial charge < -0.3 is 9.80 Å². The molecule has 1 aromatic carbocycles. The zero-order valence-corrected chi connectivity index (χ0v) is 14.8. The van der Waals surface area contributed by atoms with E-state index in [4.69, 9.17) is 0 Å². The summed E-state index contributed by atoms with van der Waals surface area (Å²) in [5.74, 6) is 0.197. The fourth-order valence-electron chi connectivity index (χ4n) is 3.16. The third-order valence-corrected chi connectivity index (χ3v) is 4.73. The van der Waals surface area contributed by atoms with E-state index in [1.807, 2.05) is 25.2 Å². The Hall–Kier alpha value is -2.40. The van der Waals surface area contributed by atoms with E-state index in [2.05, 4.69) is 39.0 Å². The SMILES string of the molecule is CN(Cc1ccncc1)C(=O)CCN1CCN(c2ccccc2)CC1. The molecule has 5 heteroatoms. The molecule has 1 aliphatic rings. The van der Waals surface area contributed by atoms with E-state index in [0.717, 1.165) is 38.3 Å². The van der Waals surface area contributed by atoms with Gasteiger partial charge >= 0.3 is 0 Å². The van der Waals surface area contributed by atoms with Gasteiger partial charge in [0.25, 0.3) is 0 Å². The van der Waals surface area contributed by atoms with Gasteiger partial charge in [-0.3, -0.25) is 14.7 Å². The second kappa shape index (κ2) is 8.62. The summed E-state index contributed by atoms with van der Waals surface area (Å²) in [6.07, 6.45) is 4.10. The number of rotatable bonds is 6. The Balaban J connectivity index is 1.40. The summed E-state index contributed by atoms with van der Waals surface area (Å²) >= 11 is 0. The van der Waals surface area contributed by atoms with Crippen LogP contribution in [0, 0.1) is 0 Å². The maximum Gasteiger partial charge on any atom is 0.223 e. The van der Waals surface area contributed by atoms with Gasteiger partial charge in [-0.05, 0) is 29.8 Å². The van der Waals surface area contributed by atoms with Gasteiger partial charge in [0, 0.05) is 70.8 Å². The summed E-state index contributed by atoms with van der Waals surface area (Å²) in [7, 11) is 1.87. The van der Waals surface area contributed by atoms with Gasteiger partial charge in [-0.15, -0.1) is 0 Å². The number of carbonyl (C=O) groups is 1. The van der Waals surface area contributed by atoms with Crippen LogP contribution in [-0.2, 0) is 11.3 Å². The lowest BCUT2D eigenvalue weighted by Crippen LogP contribution is -2.47. The fraction of sp³-hybridized carbons (Fsp3) is 0.400. The van der Waals surface area contributed by atoms with Crippen molar-refractivity contribution in [3.05, 3.63) is 60.4 Å². The summed E-state index contributed by atoms with van der Waals surface area (Å²) in [4.78, 5) is 23.0. The van der Waals surface area contributed by atoms with Crippen LogP contribution in [0.2, 0.25) is 0 Å². The zero-order valence-electron chi connectivity index (χ0n) is 14.8. The van der Waals surface area contributed by atoms with Crippen molar-refractivity contribution >= 4 is 11.6 Å². The maximum atomic E-state index is 12.3. The smallest absolute Gasteiger partial charge is 0.223 e. The van der Waals surface area contributed by atoms with Crippen molar-refractivity contribution in [2.45, 2.75) is 13.0 Å². The largest absolute Gasteiger partial charge is 0.369 e. The standard InChI is InChI=1S/C20H26N4O/c1-22(17-18-7-10-21-11-8-18)20(25)9-12-23-13-15-24(16-14-23)19-5-3-2-4-6-19/h2-8,10-11H,9,12-17H2,1H3. The average molecular weight is 338 g/mol. The Morgan fingerprint density at radius 1 is 1.04 bits per heavy atom. The van der Waals surface area contributed by atoms with E-state index in [1.54, 1.807) is 17.3 Å². The minimum Gasteiger partial charge on any atom is -0.369 e. The third kappa shape index (κ3) is 5.03. The van der Waals surface area contributed by atoms with Crippen LogP contribution in [0.4, 0.5) is 5.69 Å². The first-order chi connectivity index (χ1) is 12.2. The van der Waals surface area contributed by atoms with Crippen molar-refractivity contribution in [1.29, 1.82) is 0 Å². The van der Waals surface area contributed by atoms with E-state index in [0.29, 0.717) is 13.0 Å². The minimum atomic E-state index is 0.197. The van der Waals surface area contributed by atoms with Crippen LogP contribution in [0.5, 0.6) is 0 Å². The van der Waals surface area contributed by atoms with Gasteiger partial charge in [0.1, 0.15) is 0 Å². The molecule has 0 unspecified atom stereocenters. The summed E-state index contributed by atoms with van der Waals surface area (Å²) in [6.45, 7) is 5.54. The second-order valence-corrected chi connectivity index (χ2v) is 6.52. The van der Waals surface area contributed by atoms with Crippen LogP contribution in [0.3, 0.4) is 0 Å². The Morgan fingerprint density at radius 2 is 1.72 bits per heavy atom. The fourth-order valence-corrected chi connectivity index (χ4v) is 3.16. The number of hydrogen-bond acceptors (Lipinski definition) is 4. The predicted octanol–water partition coefficient (Wildman–Crippen LogP) is 2.25. The Morgan fingerprint density at radius 3 is 2.40 bits per heavy atom. The minimum absolute atomic E-state index is 0.197. The van der Waals surface area contributed by atoms with E-state index in [1.165, 1.54) is 5.69 Å². The molecule has 2 aromatic rings. The lowest BCUT2D eigenvalue weighted by atomic mass is 10.2. The highest BCUT2D eigenvalue weighted by molar-refractivity contribution is 5.76. The van der Waals surface area contributed by atoms with Crippen molar-refractivity contribution in [1.82, 2.24) is 14.8 Å². The molecule has 5 nitrogen and oxygen atoms in total. The molecule has 3 rings (SSSR count). The normalized spacial score (nSPS) is 15.2. The molecular formula is C20H26N4O. The molecule has 1 aliphatic heterocycles. The van der Waals surface area contributed by atoms with Crippen molar-refractivity contribution in [3.8, 4) is 0 Å². The molecule has 1 fully saturated rings. The predicted molar refractivity (Wildman–Crippen MR) is 100 cm³/mol. The van der Waals surface area contributed by atoms with Crippen molar-refractivity contribution < 1.29 is 4.79 Å². The second-order valence-electron chi connectivity index (χ2n) is 6.52. The Bertz CT molecular complexity index is 654. The van der Waals surface area contributed by atoms with E-state index in [9.17, 15) is 4.79 Å². The number of aromatic nitrogens is 1. The molecule has 0 aliphatic carbocycles. The monoisotopic (exact) mass is 338 g/mol. The van der Waals surface area contributed by atoms with Crippen LogP contribution in [0.25, 0.3) is 0 Å². The summed E-state index contributed by atoms with van der Waals surface area (Å²) in [5, 5.41) is 0. The summed E-state index contributed by atoms with van der Waals surface area (Å²) in [6, 6.07) is 14.4. The highest BCUT2D eigenvalue weighted by Crippen LogP contribution is 2.15. The van der Waals surface area contributed by atoms with Crippen molar-refractivity contribution in [3.63, 3.8) is 0 Å². The third-order valence-electron chi connectivity index (χ3n) is 4.73. The quantitative estimate of drug-likeness (QED) is 0.810. The van der Waals surface area contributed by atoms with Crippen molar-refractivity contribution in [2.75, 3.05) is 44.7 Å². The van der Waals surface area contributed by atoms with Gasteiger partial charge in [-0.2, -0.15) is 0 Å². The van der Waals surface area contributed by atoms with Gasteiger partial charge in [-0.25, -0.2) is 0 Å².